The summed E-state index contributed by atoms with van der Waals surface area (Å²) in [6.07, 6.45) is 1.28. The summed E-state index contributed by atoms with van der Waals surface area (Å²) in [5, 5.41) is 14.4. The second-order valence-corrected chi connectivity index (χ2v) is 14.8. The standard InChI is InChI=1S/C35H47ClIN3O10/c1-19-10-9-11-26(47-8)35(45)18-25(48-33(44)38-35)20(2)31-34(4,50-31)27(49-32(43)21(3)39(5)28(41)12-13-37)17-29(42)40(6)23-15-22(14-19)16-24(46-7)30(23)36/h9-11,15-16,20-21,25-27,31,45H,12-14,17-18H2,1-8H3,(H,38,44)/b11-9+,19-10+/t20-,21+,25?,26-,27+,31+,34+,35+/m1/s1. The van der Waals surface area contributed by atoms with Crippen LogP contribution in [0.25, 0.3) is 0 Å². The number of epoxide rings is 1. The highest BCUT2D eigenvalue weighted by molar-refractivity contribution is 14.1. The van der Waals surface area contributed by atoms with Crippen LogP contribution in [0.1, 0.15) is 52.5 Å². The molecule has 50 heavy (non-hydrogen) atoms. The average Bonchev–Trinajstić information content (AvgIpc) is 3.76. The number of benzene rings is 1. The minimum atomic E-state index is -1.82. The number of rotatable bonds is 7. The van der Waals surface area contributed by atoms with E-state index in [4.69, 9.17) is 35.3 Å². The minimum Gasteiger partial charge on any atom is -0.495 e. The average molecular weight is 832 g/mol. The molecule has 2 saturated heterocycles. The van der Waals surface area contributed by atoms with E-state index in [0.29, 0.717) is 22.3 Å². The van der Waals surface area contributed by atoms with Crippen LogP contribution >= 0.6 is 34.2 Å². The summed E-state index contributed by atoms with van der Waals surface area (Å²) in [5.74, 6) is -1.50. The zero-order valence-corrected chi connectivity index (χ0v) is 32.6. The van der Waals surface area contributed by atoms with Crippen LogP contribution < -0.4 is 15.0 Å². The van der Waals surface area contributed by atoms with E-state index in [1.54, 1.807) is 52.1 Å². The van der Waals surface area contributed by atoms with Crippen molar-refractivity contribution in [1.29, 1.82) is 0 Å². The number of halogens is 2. The minimum absolute atomic E-state index is 0.0433. The van der Waals surface area contributed by atoms with Gasteiger partial charge in [-0.15, -0.1) is 0 Å². The molecule has 13 nitrogen and oxygen atoms in total. The molecular formula is C35H47ClIN3O10. The smallest absolute Gasteiger partial charge is 0.409 e. The number of ether oxygens (including phenoxy) is 5. The van der Waals surface area contributed by atoms with Gasteiger partial charge in [0.2, 0.25) is 11.8 Å². The van der Waals surface area contributed by atoms with Gasteiger partial charge >= 0.3 is 12.1 Å². The number of hydrogen-bond acceptors (Lipinski definition) is 10. The van der Waals surface area contributed by atoms with Crippen LogP contribution in [0, 0.1) is 5.92 Å². The lowest BCUT2D eigenvalue weighted by atomic mass is 9.83. The highest BCUT2D eigenvalue weighted by Crippen LogP contribution is 2.49. The molecule has 2 fully saturated rings. The zero-order valence-electron chi connectivity index (χ0n) is 29.7. The molecule has 0 aliphatic carbocycles. The summed E-state index contributed by atoms with van der Waals surface area (Å²) in [6.45, 7) is 7.01. The van der Waals surface area contributed by atoms with Crippen LogP contribution in [0.5, 0.6) is 5.75 Å². The van der Waals surface area contributed by atoms with Crippen molar-refractivity contribution in [3.05, 3.63) is 46.5 Å². The van der Waals surface area contributed by atoms with Gasteiger partial charge in [-0.25, -0.2) is 9.59 Å². The predicted octanol–water partition coefficient (Wildman–Crippen LogP) is 4.34. The summed E-state index contributed by atoms with van der Waals surface area (Å²) in [5.41, 5.74) is -0.872. The second-order valence-electron chi connectivity index (χ2n) is 13.3. The predicted molar refractivity (Wildman–Crippen MR) is 194 cm³/mol. The van der Waals surface area contributed by atoms with E-state index in [1.165, 1.54) is 31.1 Å². The molecule has 0 aromatic heterocycles. The number of allylic oxidation sites excluding steroid dienone is 3. The molecule has 2 N–H and O–H groups in total. The third-order valence-electron chi connectivity index (χ3n) is 9.83. The Kier molecular flexibility index (Phi) is 12.9. The number of likely N-dealkylation sites (N-methyl/N-ethyl adjacent to an activating group) is 1. The molecule has 276 valence electrons. The van der Waals surface area contributed by atoms with Crippen molar-refractivity contribution in [2.45, 2.75) is 95.2 Å². The van der Waals surface area contributed by atoms with Gasteiger partial charge < -0.3 is 38.6 Å². The first-order valence-corrected chi connectivity index (χ1v) is 18.3. The van der Waals surface area contributed by atoms with Crippen LogP contribution in [0.15, 0.2) is 35.9 Å². The highest BCUT2D eigenvalue weighted by Gasteiger charge is 2.64. The van der Waals surface area contributed by atoms with Crippen molar-refractivity contribution in [2.24, 2.45) is 5.92 Å². The number of hydrogen-bond donors (Lipinski definition) is 2. The Morgan fingerprint density at radius 3 is 2.62 bits per heavy atom. The largest absolute Gasteiger partial charge is 0.495 e. The molecular weight excluding hydrogens is 785 g/mol. The summed E-state index contributed by atoms with van der Waals surface area (Å²) < 4.78 is 29.7. The topological polar surface area (TPSA) is 156 Å². The van der Waals surface area contributed by atoms with Gasteiger partial charge in [0.25, 0.3) is 0 Å². The summed E-state index contributed by atoms with van der Waals surface area (Å²) in [4.78, 5) is 55.7. The molecule has 4 bridgehead atoms. The Morgan fingerprint density at radius 2 is 1.98 bits per heavy atom. The van der Waals surface area contributed by atoms with Gasteiger partial charge in [-0.05, 0) is 44.9 Å². The zero-order chi connectivity index (χ0) is 37.1. The van der Waals surface area contributed by atoms with Gasteiger partial charge in [-0.3, -0.25) is 14.9 Å². The Morgan fingerprint density at radius 1 is 1.28 bits per heavy atom. The van der Waals surface area contributed by atoms with Gasteiger partial charge in [0.1, 0.15) is 40.7 Å². The van der Waals surface area contributed by atoms with Gasteiger partial charge in [0.15, 0.2) is 5.72 Å². The Hall–Kier alpha value is -2.92. The number of amides is 3. The van der Waals surface area contributed by atoms with Crippen molar-refractivity contribution in [3.8, 4) is 5.75 Å². The van der Waals surface area contributed by atoms with Crippen LogP contribution in [0.4, 0.5) is 10.5 Å². The fraction of sp³-hybridized carbons (Fsp3) is 0.600. The van der Waals surface area contributed by atoms with Crippen LogP contribution in [-0.4, -0.2) is 108 Å². The monoisotopic (exact) mass is 831 g/mol. The summed E-state index contributed by atoms with van der Waals surface area (Å²) in [7, 11) is 6.03. The number of alkyl carbamates (subject to hydrolysis) is 1. The van der Waals surface area contributed by atoms with Crippen LogP contribution in [0.2, 0.25) is 5.02 Å². The number of carbonyl (C=O) groups excluding carboxylic acids is 4. The summed E-state index contributed by atoms with van der Waals surface area (Å²) >= 11 is 8.83. The number of nitrogens with one attached hydrogen (secondary N) is 1. The number of carbonyl (C=O) groups is 4. The van der Waals surface area contributed by atoms with E-state index in [1.807, 2.05) is 13.0 Å². The molecule has 0 saturated carbocycles. The second kappa shape index (κ2) is 16.2. The van der Waals surface area contributed by atoms with Gasteiger partial charge in [-0.1, -0.05) is 64.9 Å². The number of esters is 1. The van der Waals surface area contributed by atoms with Crippen LogP contribution in [-0.2, 0) is 39.8 Å². The van der Waals surface area contributed by atoms with E-state index in [-0.39, 0.29) is 30.2 Å². The van der Waals surface area contributed by atoms with Crippen molar-refractivity contribution in [3.63, 3.8) is 0 Å². The molecule has 1 aromatic rings. The molecule has 15 heteroatoms. The maximum Gasteiger partial charge on any atom is 0.409 e. The third kappa shape index (κ3) is 8.57. The molecule has 0 radical (unpaired) electrons. The molecule has 0 spiro atoms. The Bertz CT molecular complexity index is 1540. The third-order valence-corrected chi connectivity index (χ3v) is 10.8. The molecule has 3 aliphatic heterocycles. The van der Waals surface area contributed by atoms with Gasteiger partial charge in [0.05, 0.1) is 25.3 Å². The number of fused-ring (bicyclic) bond motifs is 5. The number of nitrogens with zero attached hydrogens (tertiary/aromatic N) is 2. The lowest BCUT2D eigenvalue weighted by Crippen LogP contribution is -2.63. The fourth-order valence-electron chi connectivity index (χ4n) is 6.48. The number of anilines is 1. The molecule has 3 heterocycles. The quantitative estimate of drug-likeness (QED) is 0.176. The highest BCUT2D eigenvalue weighted by atomic mass is 127. The number of aliphatic hydroxyl groups is 1. The normalized spacial score (nSPS) is 32.3. The molecule has 4 rings (SSSR count). The molecule has 1 unspecified atom stereocenters. The number of methoxy groups -OCH3 is 2. The van der Waals surface area contributed by atoms with Gasteiger partial charge in [-0.2, -0.15) is 0 Å². The molecule has 3 aliphatic rings. The van der Waals surface area contributed by atoms with E-state index in [2.05, 4.69) is 27.9 Å². The first-order valence-electron chi connectivity index (χ1n) is 16.4. The fourth-order valence-corrected chi connectivity index (χ4v) is 7.25. The maximum absolute atomic E-state index is 14.0. The first kappa shape index (κ1) is 39.9. The number of alkyl halides is 1. The van der Waals surface area contributed by atoms with E-state index < -0.39 is 65.7 Å². The van der Waals surface area contributed by atoms with E-state index in [9.17, 15) is 24.3 Å². The molecule has 1 aromatic carbocycles. The van der Waals surface area contributed by atoms with Crippen molar-refractivity contribution < 1.29 is 48.0 Å². The summed E-state index contributed by atoms with van der Waals surface area (Å²) in [6, 6.07) is 2.64. The first-order chi connectivity index (χ1) is 23.5. The van der Waals surface area contributed by atoms with Crippen molar-refractivity contribution in [2.75, 3.05) is 37.6 Å². The Balaban J connectivity index is 1.78. The lowest BCUT2D eigenvalue weighted by Gasteiger charge is -2.42. The van der Waals surface area contributed by atoms with E-state index in [0.717, 1.165) is 11.1 Å². The molecule has 8 atom stereocenters. The van der Waals surface area contributed by atoms with Crippen molar-refractivity contribution in [1.82, 2.24) is 10.2 Å². The van der Waals surface area contributed by atoms with Gasteiger partial charge in [0, 0.05) is 44.4 Å². The van der Waals surface area contributed by atoms with E-state index >= 15 is 0 Å². The lowest BCUT2D eigenvalue weighted by molar-refractivity contribution is -0.161. The van der Waals surface area contributed by atoms with Crippen molar-refractivity contribution >= 4 is 63.8 Å². The molecule has 3 amide bonds. The maximum atomic E-state index is 14.0. The Labute approximate surface area is 311 Å². The SMILES string of the molecule is COc1cc2cc(c1Cl)N(C)C(=O)C[C@H](OC(=O)[C@H](C)N(C)C(=O)CCI)[C@]1(C)O[C@H]1[C@H](C)C1C[C@@](O)(NC(=O)O1)[C@H](OC)/C=C/C=C(\C)C2. The van der Waals surface area contributed by atoms with Crippen LogP contribution in [0.3, 0.4) is 0 Å².